The number of hydrogen-bond acceptors (Lipinski definition) is 5. The first-order valence-electron chi connectivity index (χ1n) is 6.23. The molecule has 2 aliphatic rings. The van der Waals surface area contributed by atoms with E-state index < -0.39 is 0 Å². The van der Waals surface area contributed by atoms with Crippen molar-refractivity contribution in [3.05, 3.63) is 27.4 Å². The Bertz CT molecular complexity index is 503. The van der Waals surface area contributed by atoms with Crippen molar-refractivity contribution >= 4 is 11.8 Å². The van der Waals surface area contributed by atoms with Gasteiger partial charge < -0.3 is 9.72 Å². The number of ether oxygens (including phenoxy) is 1. The maximum Gasteiger partial charge on any atom is 0.256 e. The smallest absolute Gasteiger partial charge is 0.256 e. The normalized spacial score (nSPS) is 24.8. The maximum atomic E-state index is 12.0. The Morgan fingerprint density at radius 3 is 3.28 bits per heavy atom. The quantitative estimate of drug-likeness (QED) is 0.806. The van der Waals surface area contributed by atoms with Gasteiger partial charge in [-0.1, -0.05) is 0 Å². The van der Waals surface area contributed by atoms with E-state index in [-0.39, 0.29) is 11.6 Å². The lowest BCUT2D eigenvalue weighted by atomic mass is 10.1. The molecule has 0 bridgehead atoms. The van der Waals surface area contributed by atoms with Crippen molar-refractivity contribution in [1.29, 1.82) is 0 Å². The van der Waals surface area contributed by atoms with E-state index in [0.29, 0.717) is 18.8 Å². The van der Waals surface area contributed by atoms with Crippen LogP contribution in [-0.2, 0) is 17.8 Å². The largest absolute Gasteiger partial charge is 0.376 e. The summed E-state index contributed by atoms with van der Waals surface area (Å²) in [6.07, 6.45) is 0.746. The second kappa shape index (κ2) is 5.03. The summed E-state index contributed by atoms with van der Waals surface area (Å²) in [7, 11) is 2.09. The van der Waals surface area contributed by atoms with Crippen molar-refractivity contribution in [2.45, 2.75) is 19.1 Å². The fourth-order valence-corrected chi connectivity index (χ4v) is 3.61. The predicted octanol–water partition coefficient (Wildman–Crippen LogP) is 0.562. The Kier molecular flexibility index (Phi) is 3.41. The molecular weight excluding hydrogens is 250 g/mol. The molecule has 1 atom stereocenters. The van der Waals surface area contributed by atoms with Crippen LogP contribution in [0.3, 0.4) is 0 Å². The number of aromatic nitrogens is 2. The van der Waals surface area contributed by atoms with E-state index in [1.807, 2.05) is 11.8 Å². The lowest BCUT2D eigenvalue weighted by Gasteiger charge is -2.31. The molecule has 5 nitrogen and oxygen atoms in total. The van der Waals surface area contributed by atoms with E-state index >= 15 is 0 Å². The van der Waals surface area contributed by atoms with E-state index in [0.717, 1.165) is 36.0 Å². The van der Waals surface area contributed by atoms with Crippen molar-refractivity contribution < 1.29 is 4.74 Å². The number of H-pyrrole nitrogens is 1. The number of nitrogens with zero attached hydrogens (tertiary/aromatic N) is 2. The summed E-state index contributed by atoms with van der Waals surface area (Å²) in [5, 5.41) is 0. The van der Waals surface area contributed by atoms with Gasteiger partial charge in [0.25, 0.3) is 5.56 Å². The standard InChI is InChI=1S/C12H17N3O2S/c1-15-3-5-18-7-10(15)11-13-9-2-4-17-6-8(9)12(16)14-11/h10H,2-7H2,1H3,(H,13,14,16). The molecule has 3 rings (SSSR count). The van der Waals surface area contributed by atoms with Gasteiger partial charge in [0.1, 0.15) is 5.82 Å². The second-order valence-electron chi connectivity index (χ2n) is 4.75. The highest BCUT2D eigenvalue weighted by Crippen LogP contribution is 2.26. The molecule has 0 radical (unpaired) electrons. The third kappa shape index (κ3) is 2.20. The van der Waals surface area contributed by atoms with E-state index in [1.165, 1.54) is 0 Å². The minimum Gasteiger partial charge on any atom is -0.376 e. The van der Waals surface area contributed by atoms with Gasteiger partial charge in [0.15, 0.2) is 0 Å². The zero-order valence-electron chi connectivity index (χ0n) is 10.4. The van der Waals surface area contributed by atoms with Gasteiger partial charge in [-0.15, -0.1) is 0 Å². The SMILES string of the molecule is CN1CCSCC1c1nc2c(c(=O)[nH]1)COCC2. The molecule has 6 heteroatoms. The van der Waals surface area contributed by atoms with E-state index in [4.69, 9.17) is 4.74 Å². The fourth-order valence-electron chi connectivity index (χ4n) is 2.39. The Morgan fingerprint density at radius 2 is 2.44 bits per heavy atom. The topological polar surface area (TPSA) is 58.2 Å². The molecule has 1 aromatic rings. The molecule has 98 valence electrons. The highest BCUT2D eigenvalue weighted by atomic mass is 32.2. The summed E-state index contributed by atoms with van der Waals surface area (Å²) in [5.41, 5.74) is 1.60. The maximum absolute atomic E-state index is 12.0. The van der Waals surface area contributed by atoms with Crippen LogP contribution in [0.5, 0.6) is 0 Å². The summed E-state index contributed by atoms with van der Waals surface area (Å²) >= 11 is 1.92. The average molecular weight is 267 g/mol. The lowest BCUT2D eigenvalue weighted by molar-refractivity contribution is 0.107. The highest BCUT2D eigenvalue weighted by molar-refractivity contribution is 7.99. The number of aromatic amines is 1. The van der Waals surface area contributed by atoms with E-state index in [2.05, 4.69) is 21.9 Å². The molecular formula is C12H17N3O2S. The van der Waals surface area contributed by atoms with Crippen LogP contribution in [0.2, 0.25) is 0 Å². The zero-order valence-corrected chi connectivity index (χ0v) is 11.3. The van der Waals surface area contributed by atoms with Crippen LogP contribution in [0.15, 0.2) is 4.79 Å². The van der Waals surface area contributed by atoms with Crippen LogP contribution in [0.1, 0.15) is 23.1 Å². The Morgan fingerprint density at radius 1 is 1.56 bits per heavy atom. The first-order valence-corrected chi connectivity index (χ1v) is 7.39. The fraction of sp³-hybridized carbons (Fsp3) is 0.667. The van der Waals surface area contributed by atoms with E-state index in [9.17, 15) is 4.79 Å². The summed E-state index contributed by atoms with van der Waals surface area (Å²) in [6.45, 7) is 2.10. The molecule has 0 saturated carbocycles. The third-order valence-corrected chi connectivity index (χ3v) is 4.58. The van der Waals surface area contributed by atoms with Crippen molar-refractivity contribution in [3.63, 3.8) is 0 Å². The number of fused-ring (bicyclic) bond motifs is 1. The first-order chi connectivity index (χ1) is 8.75. The van der Waals surface area contributed by atoms with Gasteiger partial charge in [-0.3, -0.25) is 9.69 Å². The Balaban J connectivity index is 1.97. The van der Waals surface area contributed by atoms with Crippen LogP contribution >= 0.6 is 11.8 Å². The molecule has 1 fully saturated rings. The molecule has 0 spiro atoms. The summed E-state index contributed by atoms with van der Waals surface area (Å²) in [6, 6.07) is 0.226. The summed E-state index contributed by atoms with van der Waals surface area (Å²) < 4.78 is 5.31. The highest BCUT2D eigenvalue weighted by Gasteiger charge is 2.25. The van der Waals surface area contributed by atoms with Crippen molar-refractivity contribution in [1.82, 2.24) is 14.9 Å². The third-order valence-electron chi connectivity index (χ3n) is 3.56. The molecule has 1 unspecified atom stereocenters. The van der Waals surface area contributed by atoms with Crippen molar-refractivity contribution in [2.24, 2.45) is 0 Å². The monoisotopic (exact) mass is 267 g/mol. The number of thioether (sulfide) groups is 1. The number of nitrogens with one attached hydrogen (secondary N) is 1. The second-order valence-corrected chi connectivity index (χ2v) is 5.90. The van der Waals surface area contributed by atoms with Crippen molar-refractivity contribution in [2.75, 3.05) is 31.7 Å². The molecule has 1 aromatic heterocycles. The molecule has 0 aliphatic carbocycles. The Labute approximate surface area is 110 Å². The molecule has 1 saturated heterocycles. The van der Waals surface area contributed by atoms with Gasteiger partial charge in [-0.25, -0.2) is 4.98 Å². The van der Waals surface area contributed by atoms with Gasteiger partial charge in [-0.2, -0.15) is 11.8 Å². The minimum absolute atomic E-state index is 0.0290. The van der Waals surface area contributed by atoms with Gasteiger partial charge in [0, 0.05) is 24.5 Å². The van der Waals surface area contributed by atoms with Gasteiger partial charge in [0.2, 0.25) is 0 Å². The van der Waals surface area contributed by atoms with Gasteiger partial charge in [-0.05, 0) is 7.05 Å². The van der Waals surface area contributed by atoms with E-state index in [1.54, 1.807) is 0 Å². The average Bonchev–Trinajstić information content (AvgIpc) is 2.39. The summed E-state index contributed by atoms with van der Waals surface area (Å²) in [5.74, 6) is 2.96. The summed E-state index contributed by atoms with van der Waals surface area (Å²) in [4.78, 5) is 21.9. The molecule has 3 heterocycles. The zero-order chi connectivity index (χ0) is 12.5. The Hall–Kier alpha value is -0.850. The molecule has 0 amide bonds. The first kappa shape index (κ1) is 12.2. The van der Waals surface area contributed by atoms with Crippen LogP contribution < -0.4 is 5.56 Å². The number of hydrogen-bond donors (Lipinski definition) is 1. The molecule has 18 heavy (non-hydrogen) atoms. The molecule has 0 aromatic carbocycles. The van der Waals surface area contributed by atoms with Gasteiger partial charge in [0.05, 0.1) is 30.5 Å². The van der Waals surface area contributed by atoms with Crippen LogP contribution in [0.25, 0.3) is 0 Å². The predicted molar refractivity (Wildman–Crippen MR) is 70.9 cm³/mol. The van der Waals surface area contributed by atoms with Gasteiger partial charge >= 0.3 is 0 Å². The lowest BCUT2D eigenvalue weighted by Crippen LogP contribution is -2.36. The van der Waals surface area contributed by atoms with Crippen LogP contribution in [0, 0.1) is 0 Å². The number of rotatable bonds is 1. The minimum atomic E-state index is -0.0290. The molecule has 2 aliphatic heterocycles. The van der Waals surface area contributed by atoms with Crippen LogP contribution in [0.4, 0.5) is 0 Å². The molecule has 1 N–H and O–H groups in total. The van der Waals surface area contributed by atoms with Crippen molar-refractivity contribution in [3.8, 4) is 0 Å². The van der Waals surface area contributed by atoms with Crippen LogP contribution in [-0.4, -0.2) is 46.6 Å².